The number of anilines is 1. The normalized spacial score (nSPS) is 12.0. The lowest BCUT2D eigenvalue weighted by Crippen LogP contribution is -2.19. The van der Waals surface area contributed by atoms with Gasteiger partial charge in [-0.05, 0) is 24.3 Å². The van der Waals surface area contributed by atoms with Crippen LogP contribution in [0.5, 0.6) is 0 Å². The van der Waals surface area contributed by atoms with Crippen molar-refractivity contribution >= 4 is 16.7 Å². The molecule has 5 heteroatoms. The summed E-state index contributed by atoms with van der Waals surface area (Å²) in [6.45, 7) is 0. The topological polar surface area (TPSA) is 51.3 Å². The van der Waals surface area contributed by atoms with E-state index in [-0.39, 0.29) is 11.9 Å². The molecule has 2 aromatic heterocycles. The molecule has 3 aromatic carbocycles. The molecule has 0 radical (unpaired) electrons. The number of aromatic nitrogens is 2. The quantitative estimate of drug-likeness (QED) is 0.365. The van der Waals surface area contributed by atoms with Crippen LogP contribution in [0.4, 0.5) is 10.2 Å². The van der Waals surface area contributed by atoms with Crippen molar-refractivity contribution in [2.24, 2.45) is 0 Å². The smallest absolute Gasteiger partial charge is 0.272 e. The SMILES string of the molecule is On1c(-c2ccccc2)c([C@H](Nc2cccc[nH+]2)c2ccc(F)cc2)c2ccccc21. The number of benzene rings is 3. The van der Waals surface area contributed by atoms with Gasteiger partial charge < -0.3 is 5.21 Å². The van der Waals surface area contributed by atoms with Crippen LogP contribution in [0.1, 0.15) is 17.2 Å². The van der Waals surface area contributed by atoms with Crippen LogP contribution in [0.25, 0.3) is 22.2 Å². The number of fused-ring (bicyclic) bond motifs is 1. The second kappa shape index (κ2) is 7.95. The molecule has 0 aliphatic heterocycles. The summed E-state index contributed by atoms with van der Waals surface area (Å²) in [4.78, 5) is 3.21. The van der Waals surface area contributed by atoms with Gasteiger partial charge in [0.25, 0.3) is 5.82 Å². The van der Waals surface area contributed by atoms with Crippen LogP contribution in [0.15, 0.2) is 103 Å². The highest BCUT2D eigenvalue weighted by atomic mass is 19.1. The van der Waals surface area contributed by atoms with Crippen molar-refractivity contribution < 1.29 is 14.6 Å². The minimum atomic E-state index is -0.340. The predicted molar refractivity (Wildman–Crippen MR) is 119 cm³/mol. The van der Waals surface area contributed by atoms with Crippen molar-refractivity contribution in [1.29, 1.82) is 0 Å². The second-order valence-corrected chi connectivity index (χ2v) is 7.36. The molecule has 0 spiro atoms. The Kier molecular flexibility index (Phi) is 4.84. The fourth-order valence-electron chi connectivity index (χ4n) is 4.03. The number of aromatic amines is 1. The summed E-state index contributed by atoms with van der Waals surface area (Å²) in [5, 5.41) is 15.6. The number of rotatable bonds is 5. The van der Waals surface area contributed by atoms with Gasteiger partial charge in [-0.15, -0.1) is 0 Å². The van der Waals surface area contributed by atoms with Gasteiger partial charge >= 0.3 is 0 Å². The fraction of sp³-hybridized carbons (Fsp3) is 0.0385. The first-order chi connectivity index (χ1) is 15.2. The van der Waals surface area contributed by atoms with Crippen LogP contribution in [0.3, 0.4) is 0 Å². The number of nitrogens with zero attached hydrogens (tertiary/aromatic N) is 1. The number of para-hydroxylation sites is 1. The molecule has 1 atom stereocenters. The van der Waals surface area contributed by atoms with Gasteiger partial charge in [-0.3, -0.25) is 5.32 Å². The molecule has 3 N–H and O–H groups in total. The maximum atomic E-state index is 13.7. The molecule has 5 aromatic rings. The highest BCUT2D eigenvalue weighted by Crippen LogP contribution is 2.40. The Hall–Kier alpha value is -4.12. The summed E-state index contributed by atoms with van der Waals surface area (Å²) in [6.07, 6.45) is 1.84. The number of hydrogen-bond acceptors (Lipinski definition) is 2. The third-order valence-corrected chi connectivity index (χ3v) is 5.44. The van der Waals surface area contributed by atoms with Crippen molar-refractivity contribution in [1.82, 2.24) is 4.73 Å². The Morgan fingerprint density at radius 1 is 0.806 bits per heavy atom. The molecule has 2 heterocycles. The van der Waals surface area contributed by atoms with Gasteiger partial charge in [-0.25, -0.2) is 9.37 Å². The number of hydrogen-bond donors (Lipinski definition) is 2. The van der Waals surface area contributed by atoms with Crippen molar-refractivity contribution in [3.8, 4) is 11.3 Å². The number of H-pyrrole nitrogens is 1. The first-order valence-corrected chi connectivity index (χ1v) is 10.1. The first kappa shape index (κ1) is 18.9. The van der Waals surface area contributed by atoms with E-state index in [1.807, 2.05) is 79.0 Å². The van der Waals surface area contributed by atoms with E-state index >= 15 is 0 Å². The summed E-state index contributed by atoms with van der Waals surface area (Å²) in [5.74, 6) is 0.521. The van der Waals surface area contributed by atoms with Crippen LogP contribution in [-0.4, -0.2) is 9.94 Å². The monoisotopic (exact) mass is 410 g/mol. The molecule has 0 saturated carbocycles. The van der Waals surface area contributed by atoms with Crippen LogP contribution in [0, 0.1) is 5.82 Å². The molecular formula is C26H21FN3O+. The van der Waals surface area contributed by atoms with E-state index in [0.717, 1.165) is 27.9 Å². The summed E-state index contributed by atoms with van der Waals surface area (Å²) in [6, 6.07) is 29.4. The summed E-state index contributed by atoms with van der Waals surface area (Å²) in [5.41, 5.74) is 4.09. The zero-order chi connectivity index (χ0) is 21.2. The van der Waals surface area contributed by atoms with Gasteiger partial charge in [0, 0.05) is 28.1 Å². The maximum Gasteiger partial charge on any atom is 0.272 e. The summed E-state index contributed by atoms with van der Waals surface area (Å²) < 4.78 is 15.0. The van der Waals surface area contributed by atoms with Crippen molar-refractivity contribution in [3.05, 3.63) is 120 Å². The Bertz CT molecular complexity index is 1320. The molecule has 0 fully saturated rings. The Morgan fingerprint density at radius 2 is 1.52 bits per heavy atom. The molecule has 0 saturated heterocycles. The largest absolute Gasteiger partial charge is 0.428 e. The zero-order valence-corrected chi connectivity index (χ0v) is 16.7. The van der Waals surface area contributed by atoms with Crippen LogP contribution in [-0.2, 0) is 0 Å². The van der Waals surface area contributed by atoms with Crippen LogP contribution < -0.4 is 10.3 Å². The fourth-order valence-corrected chi connectivity index (χ4v) is 4.03. The third kappa shape index (κ3) is 3.51. The molecule has 5 rings (SSSR count). The maximum absolute atomic E-state index is 13.7. The van der Waals surface area contributed by atoms with E-state index in [9.17, 15) is 9.60 Å². The van der Waals surface area contributed by atoms with Crippen molar-refractivity contribution in [3.63, 3.8) is 0 Å². The molecule has 4 nitrogen and oxygen atoms in total. The summed E-state index contributed by atoms with van der Waals surface area (Å²) >= 11 is 0. The minimum absolute atomic E-state index is 0.290. The average molecular weight is 410 g/mol. The lowest BCUT2D eigenvalue weighted by molar-refractivity contribution is -0.361. The van der Waals surface area contributed by atoms with E-state index in [1.54, 1.807) is 12.1 Å². The van der Waals surface area contributed by atoms with Gasteiger partial charge in [-0.1, -0.05) is 66.7 Å². The predicted octanol–water partition coefficient (Wildman–Crippen LogP) is 5.70. The average Bonchev–Trinajstić information content (AvgIpc) is 3.12. The lowest BCUT2D eigenvalue weighted by atomic mass is 9.93. The van der Waals surface area contributed by atoms with Crippen molar-refractivity contribution in [2.45, 2.75) is 6.04 Å². The minimum Gasteiger partial charge on any atom is -0.428 e. The second-order valence-electron chi connectivity index (χ2n) is 7.36. The highest BCUT2D eigenvalue weighted by Gasteiger charge is 2.29. The standard InChI is InChI=1S/C26H20FN3O/c27-20-15-13-18(14-16-20)25(29-23-12-6-7-17-28-23)24-21-10-4-5-11-22(21)30(31)26(24)19-8-2-1-3-9-19/h1-17,25,31H,(H,28,29)/p+1/t25-/m1/s1. The molecule has 0 aliphatic rings. The molecule has 31 heavy (non-hydrogen) atoms. The number of pyridine rings is 1. The van der Waals surface area contributed by atoms with Crippen LogP contribution >= 0.6 is 0 Å². The molecule has 152 valence electrons. The Balaban J connectivity index is 1.79. The highest BCUT2D eigenvalue weighted by molar-refractivity contribution is 5.93. The Morgan fingerprint density at radius 3 is 2.26 bits per heavy atom. The summed E-state index contributed by atoms with van der Waals surface area (Å²) in [7, 11) is 0. The van der Waals surface area contributed by atoms with E-state index in [4.69, 9.17) is 0 Å². The van der Waals surface area contributed by atoms with Crippen LogP contribution in [0.2, 0.25) is 0 Å². The van der Waals surface area contributed by atoms with Crippen molar-refractivity contribution in [2.75, 3.05) is 5.32 Å². The van der Waals surface area contributed by atoms with E-state index in [1.165, 1.54) is 16.9 Å². The molecule has 0 unspecified atom stereocenters. The molecule has 0 bridgehead atoms. The molecular weight excluding hydrogens is 389 g/mol. The van der Waals surface area contributed by atoms with Gasteiger partial charge in [0.2, 0.25) is 0 Å². The van der Waals surface area contributed by atoms with Gasteiger partial charge in [-0.2, -0.15) is 4.73 Å². The lowest BCUT2D eigenvalue weighted by Gasteiger charge is -2.17. The van der Waals surface area contributed by atoms with Gasteiger partial charge in [0.05, 0.1) is 17.4 Å². The molecule has 0 amide bonds. The van der Waals surface area contributed by atoms with E-state index in [2.05, 4.69) is 10.3 Å². The van der Waals surface area contributed by atoms with E-state index in [0.29, 0.717) is 11.2 Å². The number of nitrogens with one attached hydrogen (secondary N) is 2. The third-order valence-electron chi connectivity index (χ3n) is 5.44. The van der Waals surface area contributed by atoms with Gasteiger partial charge in [0.1, 0.15) is 11.9 Å². The van der Waals surface area contributed by atoms with E-state index < -0.39 is 0 Å². The Labute approximate surface area is 179 Å². The zero-order valence-electron chi connectivity index (χ0n) is 16.7. The van der Waals surface area contributed by atoms with Gasteiger partial charge in [0.15, 0.2) is 0 Å². The first-order valence-electron chi connectivity index (χ1n) is 10.1. The number of halogens is 1. The molecule has 0 aliphatic carbocycles.